The van der Waals surface area contributed by atoms with Crippen molar-refractivity contribution < 1.29 is 4.74 Å². The first-order chi connectivity index (χ1) is 9.79. The van der Waals surface area contributed by atoms with Crippen molar-refractivity contribution in [3.05, 3.63) is 46.9 Å². The summed E-state index contributed by atoms with van der Waals surface area (Å²) in [4.78, 5) is 9.55. The van der Waals surface area contributed by atoms with Crippen molar-refractivity contribution in [1.82, 2.24) is 19.7 Å². The number of rotatable bonds is 5. The van der Waals surface area contributed by atoms with Crippen molar-refractivity contribution in [2.24, 2.45) is 0 Å². The lowest BCUT2D eigenvalue weighted by Crippen LogP contribution is -2.15. The maximum Gasteiger partial charge on any atom is 0.237 e. The predicted octanol–water partition coefficient (Wildman–Crippen LogP) is 2.40. The van der Waals surface area contributed by atoms with Crippen LogP contribution in [0.15, 0.2) is 30.0 Å². The Hall–Kier alpha value is -1.92. The number of hydrogen-bond donors (Lipinski definition) is 1. The maximum absolute atomic E-state index is 5.34. The number of pyridine rings is 1. The molecule has 0 aromatic carbocycles. The van der Waals surface area contributed by atoms with Gasteiger partial charge < -0.3 is 10.1 Å². The highest BCUT2D eigenvalue weighted by Gasteiger charge is 2.13. The molecule has 20 heavy (non-hydrogen) atoms. The van der Waals surface area contributed by atoms with Crippen LogP contribution < -0.4 is 10.1 Å². The van der Waals surface area contributed by atoms with E-state index in [9.17, 15) is 0 Å². The standard InChI is InChI=1S/C14H16N4OS/c1-10-3-4-15-7-11(10)8-16-9-12-13(19-2)17-14-18(12)5-6-20-14/h3-7,16H,8-9H2,1-2H3. The minimum absolute atomic E-state index is 0.687. The molecule has 104 valence electrons. The molecule has 0 radical (unpaired) electrons. The summed E-state index contributed by atoms with van der Waals surface area (Å²) in [6.45, 7) is 3.57. The van der Waals surface area contributed by atoms with Crippen molar-refractivity contribution in [2.45, 2.75) is 20.0 Å². The molecule has 0 bridgehead atoms. The van der Waals surface area contributed by atoms with Gasteiger partial charge >= 0.3 is 0 Å². The maximum atomic E-state index is 5.34. The third kappa shape index (κ3) is 2.39. The number of nitrogens with one attached hydrogen (secondary N) is 1. The lowest BCUT2D eigenvalue weighted by Gasteiger charge is -2.07. The van der Waals surface area contributed by atoms with E-state index in [0.717, 1.165) is 17.2 Å². The zero-order chi connectivity index (χ0) is 13.9. The fourth-order valence-corrected chi connectivity index (χ4v) is 2.86. The van der Waals surface area contributed by atoms with E-state index in [2.05, 4.69) is 26.6 Å². The Kier molecular flexibility index (Phi) is 3.66. The number of thiazole rings is 1. The number of hydrogen-bond acceptors (Lipinski definition) is 5. The van der Waals surface area contributed by atoms with Crippen LogP contribution in [0.25, 0.3) is 4.96 Å². The van der Waals surface area contributed by atoms with E-state index in [0.29, 0.717) is 12.4 Å². The molecule has 3 rings (SSSR count). The van der Waals surface area contributed by atoms with E-state index in [4.69, 9.17) is 4.74 Å². The van der Waals surface area contributed by atoms with Gasteiger partial charge in [-0.15, -0.1) is 11.3 Å². The van der Waals surface area contributed by atoms with Crippen molar-refractivity contribution >= 4 is 16.3 Å². The van der Waals surface area contributed by atoms with Crippen molar-refractivity contribution in [3.63, 3.8) is 0 Å². The first-order valence-electron chi connectivity index (χ1n) is 6.38. The number of nitrogens with zero attached hydrogens (tertiary/aromatic N) is 3. The number of ether oxygens (including phenoxy) is 1. The number of imidazole rings is 1. The second kappa shape index (κ2) is 5.60. The highest BCUT2D eigenvalue weighted by Crippen LogP contribution is 2.22. The Labute approximate surface area is 121 Å². The molecule has 3 aromatic heterocycles. The fourth-order valence-electron chi connectivity index (χ4n) is 2.13. The lowest BCUT2D eigenvalue weighted by atomic mass is 10.1. The SMILES string of the molecule is COc1nc2sccn2c1CNCc1cnccc1C. The van der Waals surface area contributed by atoms with Crippen LogP contribution >= 0.6 is 11.3 Å². The molecule has 0 unspecified atom stereocenters. The number of fused-ring (bicyclic) bond motifs is 1. The van der Waals surface area contributed by atoms with Gasteiger partial charge in [0.25, 0.3) is 0 Å². The third-order valence-electron chi connectivity index (χ3n) is 3.27. The van der Waals surface area contributed by atoms with Gasteiger partial charge in [0.15, 0.2) is 4.96 Å². The van der Waals surface area contributed by atoms with Crippen LogP contribution in [-0.2, 0) is 13.1 Å². The highest BCUT2D eigenvalue weighted by atomic mass is 32.1. The van der Waals surface area contributed by atoms with Gasteiger partial charge in [0.05, 0.1) is 7.11 Å². The zero-order valence-electron chi connectivity index (χ0n) is 11.5. The summed E-state index contributed by atoms with van der Waals surface area (Å²) in [7, 11) is 1.65. The van der Waals surface area contributed by atoms with E-state index < -0.39 is 0 Å². The smallest absolute Gasteiger partial charge is 0.237 e. The number of aryl methyl sites for hydroxylation is 1. The van der Waals surface area contributed by atoms with Gasteiger partial charge in [-0.3, -0.25) is 9.38 Å². The van der Waals surface area contributed by atoms with E-state index >= 15 is 0 Å². The summed E-state index contributed by atoms with van der Waals surface area (Å²) in [5, 5.41) is 5.45. The van der Waals surface area contributed by atoms with Crippen molar-refractivity contribution in [1.29, 1.82) is 0 Å². The highest BCUT2D eigenvalue weighted by molar-refractivity contribution is 7.15. The van der Waals surface area contributed by atoms with Crippen LogP contribution in [0.5, 0.6) is 5.88 Å². The summed E-state index contributed by atoms with van der Waals surface area (Å²) in [6, 6.07) is 2.02. The molecule has 3 heterocycles. The predicted molar refractivity (Wildman–Crippen MR) is 79.1 cm³/mol. The van der Waals surface area contributed by atoms with Gasteiger partial charge in [0.1, 0.15) is 5.69 Å². The molecule has 0 fully saturated rings. The molecule has 0 aliphatic carbocycles. The average molecular weight is 288 g/mol. The molecule has 0 aliphatic heterocycles. The zero-order valence-corrected chi connectivity index (χ0v) is 12.3. The first-order valence-corrected chi connectivity index (χ1v) is 7.26. The van der Waals surface area contributed by atoms with Crippen LogP contribution in [0.3, 0.4) is 0 Å². The molecule has 0 saturated carbocycles. The van der Waals surface area contributed by atoms with Crippen molar-refractivity contribution in [3.8, 4) is 5.88 Å². The van der Waals surface area contributed by atoms with E-state index in [1.54, 1.807) is 18.4 Å². The lowest BCUT2D eigenvalue weighted by molar-refractivity contribution is 0.393. The number of methoxy groups -OCH3 is 1. The molecule has 3 aromatic rings. The summed E-state index contributed by atoms with van der Waals surface area (Å²) in [5.74, 6) is 0.687. The van der Waals surface area contributed by atoms with Crippen LogP contribution in [0, 0.1) is 6.92 Å². The Balaban J connectivity index is 1.74. The van der Waals surface area contributed by atoms with Crippen LogP contribution in [0.2, 0.25) is 0 Å². The number of aromatic nitrogens is 3. The monoisotopic (exact) mass is 288 g/mol. The van der Waals surface area contributed by atoms with Gasteiger partial charge in [-0.25, -0.2) is 0 Å². The average Bonchev–Trinajstić information content (AvgIpc) is 3.02. The van der Waals surface area contributed by atoms with Gasteiger partial charge in [-0.05, 0) is 24.1 Å². The van der Waals surface area contributed by atoms with Crippen LogP contribution in [0.1, 0.15) is 16.8 Å². The molecule has 6 heteroatoms. The Morgan fingerprint density at radius 1 is 1.40 bits per heavy atom. The van der Waals surface area contributed by atoms with Crippen LogP contribution in [0.4, 0.5) is 0 Å². The minimum atomic E-state index is 0.687. The molecule has 0 atom stereocenters. The normalized spacial score (nSPS) is 11.1. The second-order valence-electron chi connectivity index (χ2n) is 4.53. The van der Waals surface area contributed by atoms with Gasteiger partial charge in [-0.2, -0.15) is 4.98 Å². The fraction of sp³-hybridized carbons (Fsp3) is 0.286. The summed E-state index contributed by atoms with van der Waals surface area (Å²) in [5.41, 5.74) is 3.50. The quantitative estimate of drug-likeness (QED) is 0.783. The Morgan fingerprint density at radius 2 is 2.30 bits per heavy atom. The summed E-state index contributed by atoms with van der Waals surface area (Å²) in [6.07, 6.45) is 5.73. The van der Waals surface area contributed by atoms with Gasteiger partial charge in [0.2, 0.25) is 5.88 Å². The minimum Gasteiger partial charge on any atom is -0.480 e. The molecular weight excluding hydrogens is 272 g/mol. The topological polar surface area (TPSA) is 51.5 Å². The first kappa shape index (κ1) is 13.1. The third-order valence-corrected chi connectivity index (χ3v) is 4.03. The van der Waals surface area contributed by atoms with E-state index in [1.165, 1.54) is 11.1 Å². The Bertz CT molecular complexity index is 719. The summed E-state index contributed by atoms with van der Waals surface area (Å²) >= 11 is 1.60. The van der Waals surface area contributed by atoms with E-state index in [1.807, 2.05) is 30.0 Å². The molecule has 0 spiro atoms. The van der Waals surface area contributed by atoms with Gasteiger partial charge in [0, 0.05) is 37.1 Å². The van der Waals surface area contributed by atoms with E-state index in [-0.39, 0.29) is 0 Å². The van der Waals surface area contributed by atoms with Crippen molar-refractivity contribution in [2.75, 3.05) is 7.11 Å². The second-order valence-corrected chi connectivity index (χ2v) is 5.40. The largest absolute Gasteiger partial charge is 0.480 e. The molecular formula is C14H16N4OS. The van der Waals surface area contributed by atoms with Gasteiger partial charge in [-0.1, -0.05) is 0 Å². The molecule has 0 amide bonds. The molecule has 5 nitrogen and oxygen atoms in total. The summed E-state index contributed by atoms with van der Waals surface area (Å²) < 4.78 is 7.40. The Morgan fingerprint density at radius 3 is 3.10 bits per heavy atom. The molecule has 1 N–H and O–H groups in total. The molecule has 0 aliphatic rings. The van der Waals surface area contributed by atoms with Crippen LogP contribution in [-0.4, -0.2) is 21.5 Å². The molecule has 0 saturated heterocycles.